The number of hydrogen-bond donors (Lipinski definition) is 0. The van der Waals surface area contributed by atoms with E-state index in [-0.39, 0.29) is 12.2 Å². The molecule has 4 rings (SSSR count). The highest BCUT2D eigenvalue weighted by Crippen LogP contribution is 2.36. The van der Waals surface area contributed by atoms with Crippen LogP contribution in [0, 0.1) is 0 Å². The molecule has 37 heavy (non-hydrogen) atoms. The summed E-state index contributed by atoms with van der Waals surface area (Å²) in [5, 5.41) is 0. The summed E-state index contributed by atoms with van der Waals surface area (Å²) in [5.74, 6) is 1.36. The minimum Gasteiger partial charge on any atom is -0.497 e. The lowest BCUT2D eigenvalue weighted by molar-refractivity contribution is -0.139. The molecule has 9 heteroatoms. The molecule has 0 amide bonds. The quantitative estimate of drug-likeness (QED) is 0.399. The summed E-state index contributed by atoms with van der Waals surface area (Å²) in [6, 6.07) is 12.2. The highest BCUT2D eigenvalue weighted by Gasteiger charge is 2.34. The molecule has 0 spiro atoms. The first-order chi connectivity index (χ1) is 17.9. The number of ether oxygens (including phenoxy) is 4. The van der Waals surface area contributed by atoms with Crippen LogP contribution in [0.3, 0.4) is 0 Å². The number of hydrogen-bond acceptors (Lipinski definition) is 8. The van der Waals surface area contributed by atoms with Gasteiger partial charge in [0, 0.05) is 0 Å². The minimum absolute atomic E-state index is 0.206. The van der Waals surface area contributed by atoms with Crippen molar-refractivity contribution >= 4 is 23.4 Å². The zero-order valence-corrected chi connectivity index (χ0v) is 22.4. The Balaban J connectivity index is 1.92. The molecule has 1 aliphatic heterocycles. The Hall–Kier alpha value is -3.85. The molecular formula is C28H30N2O6S. The first-order valence-electron chi connectivity index (χ1n) is 12.1. The van der Waals surface area contributed by atoms with E-state index in [0.29, 0.717) is 50.9 Å². The van der Waals surface area contributed by atoms with Crippen LogP contribution in [0.1, 0.15) is 44.9 Å². The third-order valence-corrected chi connectivity index (χ3v) is 6.80. The number of carbonyl (C=O) groups is 1. The van der Waals surface area contributed by atoms with Crippen molar-refractivity contribution in [3.8, 4) is 17.2 Å². The molecule has 0 radical (unpaired) electrons. The lowest BCUT2D eigenvalue weighted by Crippen LogP contribution is -2.40. The second-order valence-electron chi connectivity index (χ2n) is 8.15. The monoisotopic (exact) mass is 522 g/mol. The van der Waals surface area contributed by atoms with Crippen LogP contribution >= 0.6 is 11.3 Å². The van der Waals surface area contributed by atoms with Gasteiger partial charge in [-0.3, -0.25) is 9.36 Å². The SMILES string of the molecule is CCOC(=O)C1=C(C)N=c2s/c(=C\c3ccc(OC)cc3)c(=O)n2C1c1ccc(OCC)c(OCC)c1. The number of allylic oxidation sites excluding steroid dienone is 1. The van der Waals surface area contributed by atoms with Crippen molar-refractivity contribution in [1.29, 1.82) is 0 Å². The van der Waals surface area contributed by atoms with E-state index in [1.54, 1.807) is 31.6 Å². The molecule has 2 heterocycles. The number of nitrogens with zero attached hydrogens (tertiary/aromatic N) is 2. The fourth-order valence-electron chi connectivity index (χ4n) is 4.20. The smallest absolute Gasteiger partial charge is 0.338 e. The van der Waals surface area contributed by atoms with Crippen molar-refractivity contribution in [3.05, 3.63) is 84.5 Å². The highest BCUT2D eigenvalue weighted by molar-refractivity contribution is 7.07. The number of aromatic nitrogens is 1. The summed E-state index contributed by atoms with van der Waals surface area (Å²) < 4.78 is 24.2. The first kappa shape index (κ1) is 26.2. The van der Waals surface area contributed by atoms with E-state index in [9.17, 15) is 9.59 Å². The average Bonchev–Trinajstić information content (AvgIpc) is 3.19. The fourth-order valence-corrected chi connectivity index (χ4v) is 5.24. The zero-order chi connectivity index (χ0) is 26.5. The number of fused-ring (bicyclic) bond motifs is 1. The van der Waals surface area contributed by atoms with Crippen LogP contribution in [0.15, 0.2) is 63.5 Å². The molecule has 194 valence electrons. The Bertz CT molecular complexity index is 1500. The van der Waals surface area contributed by atoms with Crippen LogP contribution < -0.4 is 29.1 Å². The number of methoxy groups -OCH3 is 1. The van der Waals surface area contributed by atoms with Crippen molar-refractivity contribution in [2.75, 3.05) is 26.9 Å². The molecule has 1 aromatic heterocycles. The van der Waals surface area contributed by atoms with Crippen LogP contribution in [0.2, 0.25) is 0 Å². The van der Waals surface area contributed by atoms with Crippen molar-refractivity contribution < 1.29 is 23.7 Å². The Kier molecular flexibility index (Phi) is 8.13. The number of rotatable bonds is 9. The highest BCUT2D eigenvalue weighted by atomic mass is 32.1. The molecule has 0 aliphatic carbocycles. The number of benzene rings is 2. The van der Waals surface area contributed by atoms with Gasteiger partial charge in [0.05, 0.1) is 48.8 Å². The van der Waals surface area contributed by atoms with Gasteiger partial charge in [0.15, 0.2) is 16.3 Å². The van der Waals surface area contributed by atoms with Crippen molar-refractivity contribution in [2.45, 2.75) is 33.7 Å². The van der Waals surface area contributed by atoms with E-state index < -0.39 is 12.0 Å². The number of thiazole rings is 1. The lowest BCUT2D eigenvalue weighted by Gasteiger charge is -2.25. The molecule has 1 atom stereocenters. The molecule has 0 saturated carbocycles. The Morgan fingerprint density at radius 1 is 1.03 bits per heavy atom. The summed E-state index contributed by atoms with van der Waals surface area (Å²) in [4.78, 5) is 32.0. The third kappa shape index (κ3) is 5.32. The van der Waals surface area contributed by atoms with Crippen LogP contribution in [-0.2, 0) is 9.53 Å². The fraction of sp³-hybridized carbons (Fsp3) is 0.321. The maximum Gasteiger partial charge on any atom is 0.338 e. The van der Waals surface area contributed by atoms with Gasteiger partial charge in [-0.1, -0.05) is 29.5 Å². The third-order valence-electron chi connectivity index (χ3n) is 5.81. The molecule has 0 bridgehead atoms. The van der Waals surface area contributed by atoms with E-state index in [1.807, 2.05) is 56.3 Å². The molecule has 8 nitrogen and oxygen atoms in total. The first-order valence-corrected chi connectivity index (χ1v) is 13.0. The van der Waals surface area contributed by atoms with Gasteiger partial charge in [-0.25, -0.2) is 9.79 Å². The second kappa shape index (κ2) is 11.5. The molecule has 0 saturated heterocycles. The van der Waals surface area contributed by atoms with E-state index >= 15 is 0 Å². The topological polar surface area (TPSA) is 88.4 Å². The van der Waals surface area contributed by atoms with Gasteiger partial charge in [-0.2, -0.15) is 0 Å². The molecule has 3 aromatic rings. The van der Waals surface area contributed by atoms with Gasteiger partial charge in [0.25, 0.3) is 5.56 Å². The summed E-state index contributed by atoms with van der Waals surface area (Å²) in [7, 11) is 1.61. The zero-order valence-electron chi connectivity index (χ0n) is 21.6. The number of esters is 1. The van der Waals surface area contributed by atoms with E-state index in [2.05, 4.69) is 4.99 Å². The predicted octanol–water partition coefficient (Wildman–Crippen LogP) is 3.60. The van der Waals surface area contributed by atoms with E-state index in [0.717, 1.165) is 11.3 Å². The predicted molar refractivity (Wildman–Crippen MR) is 142 cm³/mol. The minimum atomic E-state index is -0.733. The summed E-state index contributed by atoms with van der Waals surface area (Å²) in [6.07, 6.45) is 1.81. The lowest BCUT2D eigenvalue weighted by atomic mass is 9.95. The van der Waals surface area contributed by atoms with Gasteiger partial charge in [0.2, 0.25) is 0 Å². The van der Waals surface area contributed by atoms with Crippen LogP contribution in [-0.4, -0.2) is 37.5 Å². The van der Waals surface area contributed by atoms with Gasteiger partial charge in [0.1, 0.15) is 5.75 Å². The van der Waals surface area contributed by atoms with Gasteiger partial charge in [-0.05, 0) is 69.2 Å². The largest absolute Gasteiger partial charge is 0.497 e. The van der Waals surface area contributed by atoms with Crippen molar-refractivity contribution in [2.24, 2.45) is 4.99 Å². The molecule has 1 aliphatic rings. The van der Waals surface area contributed by atoms with Gasteiger partial charge < -0.3 is 18.9 Å². The molecule has 0 N–H and O–H groups in total. The second-order valence-corrected chi connectivity index (χ2v) is 9.16. The van der Waals surface area contributed by atoms with Crippen LogP contribution in [0.4, 0.5) is 0 Å². The molecule has 1 unspecified atom stereocenters. The van der Waals surface area contributed by atoms with E-state index in [1.165, 1.54) is 11.3 Å². The molecule has 2 aromatic carbocycles. The maximum atomic E-state index is 13.8. The van der Waals surface area contributed by atoms with Crippen LogP contribution in [0.25, 0.3) is 6.08 Å². The maximum absolute atomic E-state index is 13.8. The van der Waals surface area contributed by atoms with E-state index in [4.69, 9.17) is 18.9 Å². The Labute approximate surface area is 219 Å². The van der Waals surface area contributed by atoms with Crippen LogP contribution in [0.5, 0.6) is 17.2 Å². The Morgan fingerprint density at radius 3 is 2.38 bits per heavy atom. The number of carbonyl (C=O) groups excluding carboxylic acids is 1. The average molecular weight is 523 g/mol. The molecule has 0 fully saturated rings. The van der Waals surface area contributed by atoms with Crippen molar-refractivity contribution in [3.63, 3.8) is 0 Å². The van der Waals surface area contributed by atoms with Gasteiger partial charge >= 0.3 is 5.97 Å². The van der Waals surface area contributed by atoms with Crippen molar-refractivity contribution in [1.82, 2.24) is 4.57 Å². The summed E-state index contributed by atoms with van der Waals surface area (Å²) in [6.45, 7) is 8.42. The summed E-state index contributed by atoms with van der Waals surface area (Å²) >= 11 is 1.28. The molecular weight excluding hydrogens is 492 g/mol. The standard InChI is InChI=1S/C28H30N2O6S/c1-6-34-21-14-11-19(16-22(21)35-7-2)25-24(27(32)36-8-3)17(4)29-28-30(25)26(31)23(37-28)15-18-9-12-20(33-5)13-10-18/h9-16,25H,6-8H2,1-5H3/b23-15-. The Morgan fingerprint density at radius 2 is 1.73 bits per heavy atom. The normalized spacial score (nSPS) is 15.2. The summed E-state index contributed by atoms with van der Waals surface area (Å²) in [5.41, 5.74) is 2.13. The van der Waals surface area contributed by atoms with Gasteiger partial charge in [-0.15, -0.1) is 0 Å².